The maximum absolute atomic E-state index is 12.2. The predicted molar refractivity (Wildman–Crippen MR) is 94.3 cm³/mol. The van der Waals surface area contributed by atoms with Gasteiger partial charge < -0.3 is 10.2 Å². The molecule has 0 fully saturated rings. The molecule has 0 saturated carbocycles. The number of rotatable bonds is 5. The molecule has 0 atom stereocenters. The number of carbonyl (C=O) groups is 3. The van der Waals surface area contributed by atoms with Gasteiger partial charge in [0.2, 0.25) is 11.8 Å². The number of ketones is 1. The quantitative estimate of drug-likeness (QED) is 0.851. The van der Waals surface area contributed by atoms with Gasteiger partial charge in [0.05, 0.1) is 11.6 Å². The number of anilines is 2. The Bertz CT molecular complexity index is 851. The second-order valence-corrected chi connectivity index (χ2v) is 5.45. The van der Waals surface area contributed by atoms with Gasteiger partial charge in [-0.3, -0.25) is 14.4 Å². The molecule has 0 unspecified atom stereocenters. The van der Waals surface area contributed by atoms with E-state index in [0.717, 1.165) is 0 Å². The van der Waals surface area contributed by atoms with Gasteiger partial charge in [-0.1, -0.05) is 12.1 Å². The van der Waals surface area contributed by atoms with Crippen LogP contribution in [0.1, 0.15) is 29.8 Å². The summed E-state index contributed by atoms with van der Waals surface area (Å²) in [6, 6.07) is 15.0. The van der Waals surface area contributed by atoms with E-state index < -0.39 is 0 Å². The average Bonchev–Trinajstić information content (AvgIpc) is 2.60. The molecule has 25 heavy (non-hydrogen) atoms. The Morgan fingerprint density at radius 1 is 1.08 bits per heavy atom. The molecule has 2 amide bonds. The van der Waals surface area contributed by atoms with Gasteiger partial charge in [0.15, 0.2) is 5.78 Å². The molecular weight excluding hydrogens is 318 g/mol. The van der Waals surface area contributed by atoms with Crippen LogP contribution in [0.3, 0.4) is 0 Å². The Morgan fingerprint density at radius 3 is 2.32 bits per heavy atom. The molecule has 126 valence electrons. The first-order chi connectivity index (χ1) is 11.9. The topological polar surface area (TPSA) is 90.3 Å². The van der Waals surface area contributed by atoms with E-state index in [1.807, 2.05) is 6.07 Å². The molecule has 0 heterocycles. The first-order valence-corrected chi connectivity index (χ1v) is 7.60. The summed E-state index contributed by atoms with van der Waals surface area (Å²) in [5.74, 6) is -0.809. The van der Waals surface area contributed by atoms with Crippen molar-refractivity contribution in [1.29, 1.82) is 5.26 Å². The van der Waals surface area contributed by atoms with E-state index in [-0.39, 0.29) is 24.1 Å². The van der Waals surface area contributed by atoms with Gasteiger partial charge in [-0.2, -0.15) is 5.26 Å². The highest BCUT2D eigenvalue weighted by atomic mass is 16.2. The fraction of sp³-hybridized carbons (Fsp3) is 0.158. The zero-order chi connectivity index (χ0) is 18.4. The number of benzene rings is 2. The van der Waals surface area contributed by atoms with Crippen molar-refractivity contribution in [3.63, 3.8) is 0 Å². The molecule has 6 nitrogen and oxygen atoms in total. The third-order valence-corrected chi connectivity index (χ3v) is 3.54. The van der Waals surface area contributed by atoms with Crippen molar-refractivity contribution in [3.05, 3.63) is 59.7 Å². The van der Waals surface area contributed by atoms with Crippen LogP contribution in [0.2, 0.25) is 0 Å². The van der Waals surface area contributed by atoms with Crippen LogP contribution in [-0.2, 0) is 9.59 Å². The zero-order valence-corrected chi connectivity index (χ0v) is 13.9. The van der Waals surface area contributed by atoms with Crippen molar-refractivity contribution in [3.8, 4) is 6.07 Å². The van der Waals surface area contributed by atoms with Crippen LogP contribution >= 0.6 is 0 Å². The van der Waals surface area contributed by atoms with E-state index in [2.05, 4.69) is 5.32 Å². The average molecular weight is 335 g/mol. The number of carbonyl (C=O) groups excluding carboxylic acids is 3. The van der Waals surface area contributed by atoms with Gasteiger partial charge in [-0.15, -0.1) is 0 Å². The Morgan fingerprint density at radius 2 is 1.76 bits per heavy atom. The third kappa shape index (κ3) is 4.75. The monoisotopic (exact) mass is 335 g/mol. The molecule has 2 aromatic rings. The van der Waals surface area contributed by atoms with Crippen molar-refractivity contribution < 1.29 is 14.4 Å². The summed E-state index contributed by atoms with van der Waals surface area (Å²) in [7, 11) is 0. The molecule has 6 heteroatoms. The molecule has 2 aromatic carbocycles. The SMILES string of the molecule is CC(=O)c1cccc(N(CC(=O)Nc2ccc(C#N)cc2)C(C)=O)c1. The molecule has 0 radical (unpaired) electrons. The number of nitrogens with one attached hydrogen (secondary N) is 1. The molecule has 2 rings (SSSR count). The largest absolute Gasteiger partial charge is 0.325 e. The Kier molecular flexibility index (Phi) is 5.64. The number of nitrogens with zero attached hydrogens (tertiary/aromatic N) is 2. The van der Waals surface area contributed by atoms with Crippen molar-refractivity contribution in [1.82, 2.24) is 0 Å². The van der Waals surface area contributed by atoms with Crippen LogP contribution < -0.4 is 10.2 Å². The highest BCUT2D eigenvalue weighted by molar-refractivity contribution is 6.03. The lowest BCUT2D eigenvalue weighted by Crippen LogP contribution is -2.36. The molecule has 0 spiro atoms. The summed E-state index contributed by atoms with van der Waals surface area (Å²) in [6.07, 6.45) is 0. The van der Waals surface area contributed by atoms with Crippen LogP contribution in [0.25, 0.3) is 0 Å². The number of hydrogen-bond acceptors (Lipinski definition) is 4. The van der Waals surface area contributed by atoms with Gasteiger partial charge in [0.1, 0.15) is 6.54 Å². The number of amides is 2. The summed E-state index contributed by atoms with van der Waals surface area (Å²) in [5, 5.41) is 11.4. The zero-order valence-electron chi connectivity index (χ0n) is 13.9. The van der Waals surface area contributed by atoms with E-state index in [1.54, 1.807) is 48.5 Å². The third-order valence-electron chi connectivity index (χ3n) is 3.54. The van der Waals surface area contributed by atoms with E-state index in [1.165, 1.54) is 18.7 Å². The van der Waals surface area contributed by atoms with Crippen molar-refractivity contribution in [2.45, 2.75) is 13.8 Å². The van der Waals surface area contributed by atoms with Crippen LogP contribution in [0.15, 0.2) is 48.5 Å². The van der Waals surface area contributed by atoms with Gasteiger partial charge in [0.25, 0.3) is 0 Å². The maximum atomic E-state index is 12.2. The highest BCUT2D eigenvalue weighted by Gasteiger charge is 2.17. The lowest BCUT2D eigenvalue weighted by molar-refractivity contribution is -0.120. The Hall–Kier alpha value is -3.46. The molecule has 0 aliphatic rings. The fourth-order valence-corrected chi connectivity index (χ4v) is 2.25. The molecule has 0 aliphatic carbocycles. The smallest absolute Gasteiger partial charge is 0.244 e. The summed E-state index contributed by atoms with van der Waals surface area (Å²) >= 11 is 0. The van der Waals surface area contributed by atoms with Crippen LogP contribution in [0.4, 0.5) is 11.4 Å². The summed E-state index contributed by atoms with van der Waals surface area (Å²) in [4.78, 5) is 37.0. The molecule has 0 aromatic heterocycles. The van der Waals surface area contributed by atoms with E-state index >= 15 is 0 Å². The first kappa shape index (κ1) is 17.9. The summed E-state index contributed by atoms with van der Waals surface area (Å²) in [5.41, 5.74) is 1.97. The maximum Gasteiger partial charge on any atom is 0.244 e. The van der Waals surface area contributed by atoms with Crippen LogP contribution in [-0.4, -0.2) is 24.1 Å². The fourth-order valence-electron chi connectivity index (χ4n) is 2.25. The van der Waals surface area contributed by atoms with Gasteiger partial charge in [-0.05, 0) is 43.3 Å². The van der Waals surface area contributed by atoms with Gasteiger partial charge in [-0.25, -0.2) is 0 Å². The minimum Gasteiger partial charge on any atom is -0.325 e. The lowest BCUT2D eigenvalue weighted by atomic mass is 10.1. The number of Topliss-reactive ketones (excluding diaryl/α,β-unsaturated/α-hetero) is 1. The molecule has 0 aliphatic heterocycles. The van der Waals surface area contributed by atoms with Gasteiger partial charge >= 0.3 is 0 Å². The summed E-state index contributed by atoms with van der Waals surface area (Å²) in [6.45, 7) is 2.61. The number of nitriles is 1. The highest BCUT2D eigenvalue weighted by Crippen LogP contribution is 2.17. The lowest BCUT2D eigenvalue weighted by Gasteiger charge is -2.21. The van der Waals surface area contributed by atoms with E-state index in [4.69, 9.17) is 5.26 Å². The molecule has 0 bridgehead atoms. The first-order valence-electron chi connectivity index (χ1n) is 7.60. The summed E-state index contributed by atoms with van der Waals surface area (Å²) < 4.78 is 0. The molecule has 0 saturated heterocycles. The second kappa shape index (κ2) is 7.88. The van der Waals surface area contributed by atoms with Gasteiger partial charge in [0, 0.05) is 23.9 Å². The van der Waals surface area contributed by atoms with Crippen molar-refractivity contribution in [2.24, 2.45) is 0 Å². The standard InChI is InChI=1S/C19H17N3O3/c1-13(23)16-4-3-5-18(10-16)22(14(2)24)12-19(25)21-17-8-6-15(11-20)7-9-17/h3-10H,12H2,1-2H3,(H,21,25). The second-order valence-electron chi connectivity index (χ2n) is 5.45. The minimum atomic E-state index is -0.381. The minimum absolute atomic E-state index is 0.118. The van der Waals surface area contributed by atoms with Crippen LogP contribution in [0, 0.1) is 11.3 Å². The van der Waals surface area contributed by atoms with Crippen molar-refractivity contribution in [2.75, 3.05) is 16.8 Å². The number of hydrogen-bond donors (Lipinski definition) is 1. The van der Waals surface area contributed by atoms with E-state index in [9.17, 15) is 14.4 Å². The predicted octanol–water partition coefficient (Wildman–Crippen LogP) is 2.75. The Balaban J connectivity index is 2.14. The normalized spacial score (nSPS) is 9.80. The molecular formula is C19H17N3O3. The van der Waals surface area contributed by atoms with E-state index in [0.29, 0.717) is 22.5 Å². The Labute approximate surface area is 145 Å². The van der Waals surface area contributed by atoms with Crippen molar-refractivity contribution >= 4 is 29.0 Å². The van der Waals surface area contributed by atoms with Crippen LogP contribution in [0.5, 0.6) is 0 Å². The molecule has 1 N–H and O–H groups in total.